The highest BCUT2D eigenvalue weighted by Gasteiger charge is 2.20. The Bertz CT molecular complexity index is 1060. The van der Waals surface area contributed by atoms with Crippen molar-refractivity contribution in [3.8, 4) is 28.1 Å². The van der Waals surface area contributed by atoms with Crippen LogP contribution >= 0.6 is 11.3 Å². The largest absolute Gasteiger partial charge is 0.493 e. The Morgan fingerprint density at radius 2 is 1.68 bits per heavy atom. The van der Waals surface area contributed by atoms with Crippen molar-refractivity contribution < 1.29 is 28.5 Å². The highest BCUT2D eigenvalue weighted by molar-refractivity contribution is 7.16. The van der Waals surface area contributed by atoms with Gasteiger partial charge in [-0.05, 0) is 13.0 Å². The molecule has 0 aliphatic rings. The maximum absolute atomic E-state index is 12.4. The number of aryl methyl sites for hydroxylation is 1. The highest BCUT2D eigenvalue weighted by Crippen LogP contribution is 2.39. The number of carbonyl (C=O) groups excluding carboxylic acids is 2. The second-order valence-electron chi connectivity index (χ2n) is 6.04. The molecule has 2 aromatic heterocycles. The molecule has 3 rings (SSSR count). The molecule has 31 heavy (non-hydrogen) atoms. The minimum absolute atomic E-state index is 0.281. The van der Waals surface area contributed by atoms with Gasteiger partial charge in [-0.1, -0.05) is 0 Å². The Kier molecular flexibility index (Phi) is 6.98. The van der Waals surface area contributed by atoms with Crippen molar-refractivity contribution >= 4 is 28.9 Å². The molecule has 0 atom stereocenters. The third kappa shape index (κ3) is 5.07. The molecular formula is C20H20N4O6S. The lowest BCUT2D eigenvalue weighted by atomic mass is 10.2. The molecule has 2 heterocycles. The van der Waals surface area contributed by atoms with Crippen molar-refractivity contribution in [3.05, 3.63) is 41.2 Å². The molecule has 1 amide bonds. The van der Waals surface area contributed by atoms with E-state index in [0.717, 1.165) is 11.3 Å². The average molecular weight is 444 g/mol. The molecular weight excluding hydrogens is 424 g/mol. The van der Waals surface area contributed by atoms with E-state index >= 15 is 0 Å². The Morgan fingerprint density at radius 3 is 2.26 bits per heavy atom. The van der Waals surface area contributed by atoms with Crippen molar-refractivity contribution in [2.24, 2.45) is 0 Å². The molecule has 0 unspecified atom stereocenters. The van der Waals surface area contributed by atoms with Crippen LogP contribution < -0.4 is 19.5 Å². The molecule has 0 saturated heterocycles. The summed E-state index contributed by atoms with van der Waals surface area (Å²) in [6.45, 7) is 1.19. The maximum Gasteiger partial charge on any atom is 0.350 e. The van der Waals surface area contributed by atoms with E-state index in [4.69, 9.17) is 18.9 Å². The van der Waals surface area contributed by atoms with Gasteiger partial charge in [0.25, 0.3) is 5.91 Å². The zero-order valence-electron chi connectivity index (χ0n) is 17.3. The van der Waals surface area contributed by atoms with E-state index in [9.17, 15) is 9.59 Å². The molecule has 1 aromatic carbocycles. The van der Waals surface area contributed by atoms with Crippen LogP contribution in [-0.4, -0.2) is 54.8 Å². The van der Waals surface area contributed by atoms with Crippen molar-refractivity contribution in [3.63, 3.8) is 0 Å². The number of carbonyl (C=O) groups is 2. The van der Waals surface area contributed by atoms with Gasteiger partial charge in [0.2, 0.25) is 5.75 Å². The first-order valence-electron chi connectivity index (χ1n) is 8.98. The predicted octanol–water partition coefficient (Wildman–Crippen LogP) is 2.73. The van der Waals surface area contributed by atoms with Gasteiger partial charge in [0, 0.05) is 30.2 Å². The molecule has 10 nitrogen and oxygen atoms in total. The molecule has 0 fully saturated rings. The Morgan fingerprint density at radius 1 is 1.03 bits per heavy atom. The molecule has 0 radical (unpaired) electrons. The Labute approximate surface area is 182 Å². The summed E-state index contributed by atoms with van der Waals surface area (Å²) in [6.07, 6.45) is 3.18. The summed E-state index contributed by atoms with van der Waals surface area (Å²) in [5.74, 6) is 0.381. The third-order valence-electron chi connectivity index (χ3n) is 4.02. The zero-order chi connectivity index (χ0) is 22.4. The first-order valence-corrected chi connectivity index (χ1v) is 9.80. The summed E-state index contributed by atoms with van der Waals surface area (Å²) < 4.78 is 20.9. The number of thiazole rings is 1. The summed E-state index contributed by atoms with van der Waals surface area (Å²) in [4.78, 5) is 37.5. The van der Waals surface area contributed by atoms with E-state index in [0.29, 0.717) is 39.5 Å². The number of aromatic nitrogens is 3. The van der Waals surface area contributed by atoms with Gasteiger partial charge in [-0.15, -0.1) is 11.3 Å². The fraction of sp³-hybridized carbons (Fsp3) is 0.250. The topological polar surface area (TPSA) is 122 Å². The number of hydrogen-bond donors (Lipinski definition) is 1. The van der Waals surface area contributed by atoms with Gasteiger partial charge in [0.1, 0.15) is 4.88 Å². The van der Waals surface area contributed by atoms with E-state index < -0.39 is 18.5 Å². The summed E-state index contributed by atoms with van der Waals surface area (Å²) in [5.41, 5.74) is 0.871. The van der Waals surface area contributed by atoms with Gasteiger partial charge in [-0.25, -0.2) is 19.7 Å². The van der Waals surface area contributed by atoms with Gasteiger partial charge in [0.15, 0.2) is 28.9 Å². The standard InChI is InChI=1S/C20H20N4O6S/c1-11-17(31-19(23-11)18-21-6-5-7-22-18)20(26)30-10-15(25)24-12-8-13(27-2)16(29-4)14(9-12)28-3/h5-9H,10H2,1-4H3,(H,24,25). The van der Waals surface area contributed by atoms with Gasteiger partial charge >= 0.3 is 5.97 Å². The van der Waals surface area contributed by atoms with Gasteiger partial charge in [-0.2, -0.15) is 0 Å². The van der Waals surface area contributed by atoms with Crippen LogP contribution in [0.25, 0.3) is 10.8 Å². The number of esters is 1. The minimum atomic E-state index is -0.655. The first kappa shape index (κ1) is 22.0. The molecule has 0 aliphatic carbocycles. The number of nitrogens with zero attached hydrogens (tertiary/aromatic N) is 3. The second-order valence-corrected chi connectivity index (χ2v) is 7.04. The average Bonchev–Trinajstić information content (AvgIpc) is 3.19. The van der Waals surface area contributed by atoms with Crippen molar-refractivity contribution in [2.75, 3.05) is 33.3 Å². The normalized spacial score (nSPS) is 10.3. The Balaban J connectivity index is 1.65. The highest BCUT2D eigenvalue weighted by atomic mass is 32.1. The van der Waals surface area contributed by atoms with Crippen LogP contribution in [0.3, 0.4) is 0 Å². The molecule has 162 valence electrons. The number of rotatable bonds is 8. The lowest BCUT2D eigenvalue weighted by molar-refractivity contribution is -0.119. The minimum Gasteiger partial charge on any atom is -0.493 e. The number of nitrogens with one attached hydrogen (secondary N) is 1. The summed E-state index contributed by atoms with van der Waals surface area (Å²) >= 11 is 1.10. The summed E-state index contributed by atoms with van der Waals surface area (Å²) in [6, 6.07) is 4.83. The van der Waals surface area contributed by atoms with Crippen molar-refractivity contribution in [1.29, 1.82) is 0 Å². The summed E-state index contributed by atoms with van der Waals surface area (Å²) in [5, 5.41) is 3.12. The molecule has 3 aromatic rings. The Hall–Kier alpha value is -3.73. The van der Waals surface area contributed by atoms with Crippen molar-refractivity contribution in [2.45, 2.75) is 6.92 Å². The van der Waals surface area contributed by atoms with E-state index in [1.165, 1.54) is 21.3 Å². The van der Waals surface area contributed by atoms with E-state index in [-0.39, 0.29) is 4.88 Å². The predicted molar refractivity (Wildman–Crippen MR) is 113 cm³/mol. The van der Waals surface area contributed by atoms with Crippen LogP contribution in [0.2, 0.25) is 0 Å². The lowest BCUT2D eigenvalue weighted by Crippen LogP contribution is -2.21. The molecule has 0 bridgehead atoms. The quantitative estimate of drug-likeness (QED) is 0.523. The maximum atomic E-state index is 12.4. The third-order valence-corrected chi connectivity index (χ3v) is 5.16. The van der Waals surface area contributed by atoms with Gasteiger partial charge in [0.05, 0.1) is 27.0 Å². The fourth-order valence-corrected chi connectivity index (χ4v) is 3.55. The van der Waals surface area contributed by atoms with Crippen LogP contribution in [0.4, 0.5) is 5.69 Å². The number of hydrogen-bond acceptors (Lipinski definition) is 10. The van der Waals surface area contributed by atoms with Crippen molar-refractivity contribution in [1.82, 2.24) is 15.0 Å². The summed E-state index contributed by atoms with van der Waals surface area (Å²) in [7, 11) is 4.42. The van der Waals surface area contributed by atoms with Gasteiger partial charge in [-0.3, -0.25) is 4.79 Å². The van der Waals surface area contributed by atoms with Crippen LogP contribution in [0.5, 0.6) is 17.2 Å². The van der Waals surface area contributed by atoms with Crippen LogP contribution in [0.15, 0.2) is 30.6 Å². The lowest BCUT2D eigenvalue weighted by Gasteiger charge is -2.14. The van der Waals surface area contributed by atoms with Crippen LogP contribution in [-0.2, 0) is 9.53 Å². The smallest absolute Gasteiger partial charge is 0.350 e. The molecule has 11 heteroatoms. The zero-order valence-corrected chi connectivity index (χ0v) is 18.1. The number of methoxy groups -OCH3 is 3. The monoisotopic (exact) mass is 444 g/mol. The SMILES string of the molecule is COc1cc(NC(=O)COC(=O)c2sc(-c3ncccn3)nc2C)cc(OC)c1OC. The molecule has 0 aliphatic heterocycles. The number of anilines is 1. The van der Waals surface area contributed by atoms with Crippen LogP contribution in [0.1, 0.15) is 15.4 Å². The van der Waals surface area contributed by atoms with E-state index in [2.05, 4.69) is 20.3 Å². The van der Waals surface area contributed by atoms with Crippen LogP contribution in [0, 0.1) is 6.92 Å². The number of benzene rings is 1. The fourth-order valence-electron chi connectivity index (χ4n) is 2.64. The van der Waals surface area contributed by atoms with E-state index in [1.807, 2.05) is 0 Å². The van der Waals surface area contributed by atoms with Gasteiger partial charge < -0.3 is 24.3 Å². The number of amides is 1. The molecule has 0 saturated carbocycles. The second kappa shape index (κ2) is 9.85. The molecule has 0 spiro atoms. The number of ether oxygens (including phenoxy) is 4. The first-order chi connectivity index (χ1) is 15.0. The molecule has 1 N–H and O–H groups in total. The van der Waals surface area contributed by atoms with E-state index in [1.54, 1.807) is 37.5 Å².